The van der Waals surface area contributed by atoms with E-state index in [1.165, 1.54) is 6.33 Å². The number of hydrogen-bond acceptors (Lipinski definition) is 3. The van der Waals surface area contributed by atoms with Crippen molar-refractivity contribution in [3.05, 3.63) is 16.1 Å². The highest BCUT2D eigenvalue weighted by atomic mass is 127. The lowest BCUT2D eigenvalue weighted by Gasteiger charge is -2.06. The van der Waals surface area contributed by atoms with Gasteiger partial charge in [-0.1, -0.05) is 13.8 Å². The number of aromatic nitrogens is 3. The Morgan fingerprint density at radius 1 is 1.47 bits per heavy atom. The molecule has 2 aromatic heterocycles. The van der Waals surface area contributed by atoms with E-state index in [9.17, 15) is 0 Å². The average molecular weight is 316 g/mol. The number of fused-ring (bicyclic) bond motifs is 1. The summed E-state index contributed by atoms with van der Waals surface area (Å²) in [7, 11) is 0. The van der Waals surface area contributed by atoms with Crippen molar-refractivity contribution in [2.75, 3.05) is 5.73 Å². The second kappa shape index (κ2) is 3.96. The lowest BCUT2D eigenvalue weighted by molar-refractivity contribution is 0.532. The maximum absolute atomic E-state index is 5.83. The number of hydrogen-bond donors (Lipinski definition) is 1. The molecule has 0 spiro atoms. The predicted octanol–water partition coefficient (Wildman–Crippen LogP) is 2.27. The van der Waals surface area contributed by atoms with Gasteiger partial charge in [0, 0.05) is 16.3 Å². The molecule has 2 heterocycles. The summed E-state index contributed by atoms with van der Waals surface area (Å²) in [6, 6.07) is 0. The van der Waals surface area contributed by atoms with Crippen LogP contribution < -0.4 is 5.73 Å². The van der Waals surface area contributed by atoms with Gasteiger partial charge < -0.3 is 10.3 Å². The summed E-state index contributed by atoms with van der Waals surface area (Å²) in [5.41, 5.74) is 6.76. The number of nitrogen functional groups attached to an aromatic ring is 1. The summed E-state index contributed by atoms with van der Waals surface area (Å²) in [5, 5.41) is 0.971. The van der Waals surface area contributed by atoms with Crippen LogP contribution in [0.25, 0.3) is 11.0 Å². The van der Waals surface area contributed by atoms with E-state index in [0.717, 1.165) is 21.1 Å². The van der Waals surface area contributed by atoms with Crippen molar-refractivity contribution in [1.82, 2.24) is 14.5 Å². The second-order valence-corrected chi connectivity index (χ2v) is 5.14. The van der Waals surface area contributed by atoms with Crippen molar-refractivity contribution in [1.29, 1.82) is 0 Å². The molecular formula is C10H13IN4. The van der Waals surface area contributed by atoms with Crippen LogP contribution in [0.3, 0.4) is 0 Å². The molecule has 0 bridgehead atoms. The number of rotatable bonds is 2. The van der Waals surface area contributed by atoms with Crippen molar-refractivity contribution in [3.8, 4) is 0 Å². The molecular weight excluding hydrogens is 303 g/mol. The summed E-state index contributed by atoms with van der Waals surface area (Å²) in [4.78, 5) is 8.29. The van der Waals surface area contributed by atoms with Gasteiger partial charge in [0.2, 0.25) is 0 Å². The molecule has 0 saturated heterocycles. The minimum atomic E-state index is 0.562. The molecule has 0 atom stereocenters. The third kappa shape index (κ3) is 1.92. The SMILES string of the molecule is CC(C)Cn1cc(I)c2c(N)ncnc21. The Labute approximate surface area is 102 Å². The van der Waals surface area contributed by atoms with Crippen LogP contribution in [0.2, 0.25) is 0 Å². The van der Waals surface area contributed by atoms with E-state index in [1.54, 1.807) is 0 Å². The molecule has 15 heavy (non-hydrogen) atoms. The van der Waals surface area contributed by atoms with Crippen LogP contribution in [0.15, 0.2) is 12.5 Å². The highest BCUT2D eigenvalue weighted by Crippen LogP contribution is 2.25. The zero-order chi connectivity index (χ0) is 11.0. The Morgan fingerprint density at radius 3 is 2.87 bits per heavy atom. The fourth-order valence-corrected chi connectivity index (χ4v) is 2.49. The molecule has 2 N–H and O–H groups in total. The highest BCUT2D eigenvalue weighted by molar-refractivity contribution is 14.1. The van der Waals surface area contributed by atoms with E-state index in [0.29, 0.717) is 11.7 Å². The monoisotopic (exact) mass is 316 g/mol. The maximum atomic E-state index is 5.83. The van der Waals surface area contributed by atoms with Gasteiger partial charge in [-0.3, -0.25) is 0 Å². The van der Waals surface area contributed by atoms with Gasteiger partial charge >= 0.3 is 0 Å². The van der Waals surface area contributed by atoms with Crippen LogP contribution in [0, 0.1) is 9.49 Å². The molecule has 2 rings (SSSR count). The second-order valence-electron chi connectivity index (χ2n) is 3.98. The van der Waals surface area contributed by atoms with Crippen LogP contribution in [-0.4, -0.2) is 14.5 Å². The third-order valence-corrected chi connectivity index (χ3v) is 3.02. The summed E-state index contributed by atoms with van der Waals surface area (Å²) < 4.78 is 3.25. The largest absolute Gasteiger partial charge is 0.383 e. The lowest BCUT2D eigenvalue weighted by Crippen LogP contribution is -2.04. The van der Waals surface area contributed by atoms with Crippen molar-refractivity contribution in [3.63, 3.8) is 0 Å². The maximum Gasteiger partial charge on any atom is 0.146 e. The van der Waals surface area contributed by atoms with E-state index < -0.39 is 0 Å². The molecule has 2 aromatic rings. The molecule has 5 heteroatoms. The molecule has 0 aromatic carbocycles. The van der Waals surface area contributed by atoms with Crippen LogP contribution in [-0.2, 0) is 6.54 Å². The van der Waals surface area contributed by atoms with Crippen molar-refractivity contribution >= 4 is 39.4 Å². The normalized spacial score (nSPS) is 11.5. The lowest BCUT2D eigenvalue weighted by atomic mass is 10.2. The Kier molecular flexibility index (Phi) is 2.81. The first-order chi connectivity index (χ1) is 7.09. The molecule has 0 aliphatic carbocycles. The first kappa shape index (κ1) is 10.7. The first-order valence-corrected chi connectivity index (χ1v) is 5.92. The number of nitrogens with two attached hydrogens (primary N) is 1. The van der Waals surface area contributed by atoms with Crippen LogP contribution >= 0.6 is 22.6 Å². The van der Waals surface area contributed by atoms with Crippen molar-refractivity contribution < 1.29 is 0 Å². The molecule has 0 aliphatic heterocycles. The Morgan fingerprint density at radius 2 is 2.20 bits per heavy atom. The van der Waals surface area contributed by atoms with Crippen LogP contribution in [0.4, 0.5) is 5.82 Å². The van der Waals surface area contributed by atoms with E-state index in [4.69, 9.17) is 5.73 Å². The molecule has 0 saturated carbocycles. The molecule has 0 fully saturated rings. The fraction of sp³-hybridized carbons (Fsp3) is 0.400. The fourth-order valence-electron chi connectivity index (χ4n) is 1.63. The smallest absolute Gasteiger partial charge is 0.146 e. The van der Waals surface area contributed by atoms with Gasteiger partial charge in [0.1, 0.15) is 17.8 Å². The molecule has 0 amide bonds. The predicted molar refractivity (Wildman–Crippen MR) is 69.5 cm³/mol. The van der Waals surface area contributed by atoms with Gasteiger partial charge in [-0.05, 0) is 28.5 Å². The van der Waals surface area contributed by atoms with Gasteiger partial charge in [-0.25, -0.2) is 9.97 Å². The number of anilines is 1. The standard InChI is InChI=1S/C10H13IN4/c1-6(2)3-15-4-7(11)8-9(12)13-5-14-10(8)15/h4-6H,3H2,1-2H3,(H2,12,13,14). The Balaban J connectivity index is 2.63. The van der Waals surface area contributed by atoms with Gasteiger partial charge in [-0.15, -0.1) is 0 Å². The molecule has 0 unspecified atom stereocenters. The summed E-state index contributed by atoms with van der Waals surface area (Å²) in [6.45, 7) is 5.32. The molecule has 0 radical (unpaired) electrons. The van der Waals surface area contributed by atoms with Gasteiger partial charge in [0.15, 0.2) is 0 Å². The zero-order valence-electron chi connectivity index (χ0n) is 8.74. The molecule has 0 aliphatic rings. The van der Waals surface area contributed by atoms with Crippen LogP contribution in [0.5, 0.6) is 0 Å². The first-order valence-electron chi connectivity index (χ1n) is 4.84. The van der Waals surface area contributed by atoms with Gasteiger partial charge in [-0.2, -0.15) is 0 Å². The van der Waals surface area contributed by atoms with Crippen LogP contribution in [0.1, 0.15) is 13.8 Å². The van der Waals surface area contributed by atoms with E-state index in [1.807, 2.05) is 0 Å². The highest BCUT2D eigenvalue weighted by Gasteiger charge is 2.11. The van der Waals surface area contributed by atoms with Gasteiger partial charge in [0.05, 0.1) is 5.39 Å². The van der Waals surface area contributed by atoms with E-state index >= 15 is 0 Å². The third-order valence-electron chi connectivity index (χ3n) is 2.20. The summed E-state index contributed by atoms with van der Waals surface area (Å²) in [5.74, 6) is 1.15. The Hall–Kier alpha value is -0.850. The van der Waals surface area contributed by atoms with Gasteiger partial charge in [0.25, 0.3) is 0 Å². The number of halogens is 1. The van der Waals surface area contributed by atoms with E-state index in [2.05, 4.69) is 57.2 Å². The minimum absolute atomic E-state index is 0.562. The average Bonchev–Trinajstić information content (AvgIpc) is 2.44. The minimum Gasteiger partial charge on any atom is -0.383 e. The molecule has 4 nitrogen and oxygen atoms in total. The summed E-state index contributed by atoms with van der Waals surface area (Å²) >= 11 is 2.27. The van der Waals surface area contributed by atoms with Crippen molar-refractivity contribution in [2.45, 2.75) is 20.4 Å². The topological polar surface area (TPSA) is 56.7 Å². The Bertz CT molecular complexity index is 489. The quantitative estimate of drug-likeness (QED) is 0.865. The van der Waals surface area contributed by atoms with Crippen molar-refractivity contribution in [2.24, 2.45) is 5.92 Å². The number of nitrogens with zero attached hydrogens (tertiary/aromatic N) is 3. The zero-order valence-corrected chi connectivity index (χ0v) is 10.9. The molecule has 80 valence electrons. The summed E-state index contributed by atoms with van der Waals surface area (Å²) in [6.07, 6.45) is 3.60. The van der Waals surface area contributed by atoms with E-state index in [-0.39, 0.29) is 0 Å².